The van der Waals surface area contributed by atoms with Crippen molar-refractivity contribution in [2.24, 2.45) is 11.8 Å². The number of carbonyl (C=O) groups excluding carboxylic acids is 1. The lowest BCUT2D eigenvalue weighted by Gasteiger charge is -2.39. The summed E-state index contributed by atoms with van der Waals surface area (Å²) in [6.07, 6.45) is 6.01. The smallest absolute Gasteiger partial charge is 0.155 e. The minimum atomic E-state index is -0.285. The van der Waals surface area contributed by atoms with Crippen molar-refractivity contribution in [1.82, 2.24) is 4.90 Å². The molecule has 0 bridgehead atoms. The van der Waals surface area contributed by atoms with E-state index >= 15 is 0 Å². The van der Waals surface area contributed by atoms with Gasteiger partial charge in [0.05, 0.1) is 5.54 Å². The van der Waals surface area contributed by atoms with Gasteiger partial charge >= 0.3 is 0 Å². The van der Waals surface area contributed by atoms with Crippen LogP contribution in [-0.4, -0.2) is 29.3 Å². The summed E-state index contributed by atoms with van der Waals surface area (Å²) in [6, 6.07) is 0. The SMILES string of the molecule is CCC1CCC(C(=O)C(C)(C)N(CC)CC)CC1. The van der Waals surface area contributed by atoms with E-state index < -0.39 is 0 Å². The molecular weight excluding hydrogens is 222 g/mol. The van der Waals surface area contributed by atoms with Crippen molar-refractivity contribution in [3.63, 3.8) is 0 Å². The van der Waals surface area contributed by atoms with Crippen LogP contribution < -0.4 is 0 Å². The number of hydrogen-bond acceptors (Lipinski definition) is 2. The van der Waals surface area contributed by atoms with E-state index in [9.17, 15) is 4.79 Å². The van der Waals surface area contributed by atoms with Crippen LogP contribution in [0.1, 0.15) is 66.7 Å². The second-order valence-electron chi connectivity index (χ2n) is 6.22. The number of carbonyl (C=O) groups is 1. The van der Waals surface area contributed by atoms with Crippen molar-refractivity contribution < 1.29 is 4.79 Å². The van der Waals surface area contributed by atoms with Crippen LogP contribution >= 0.6 is 0 Å². The fourth-order valence-corrected chi connectivity index (χ4v) is 3.50. The molecule has 0 aromatic heterocycles. The first-order valence-corrected chi connectivity index (χ1v) is 7.76. The molecule has 0 heterocycles. The third kappa shape index (κ3) is 3.34. The van der Waals surface area contributed by atoms with Gasteiger partial charge in [0.1, 0.15) is 0 Å². The quantitative estimate of drug-likeness (QED) is 0.715. The molecule has 2 heteroatoms. The maximum Gasteiger partial charge on any atom is 0.155 e. The lowest BCUT2D eigenvalue weighted by Crippen LogP contribution is -2.52. The molecule has 1 saturated carbocycles. The lowest BCUT2D eigenvalue weighted by atomic mass is 9.75. The van der Waals surface area contributed by atoms with Gasteiger partial charge in [-0.3, -0.25) is 9.69 Å². The van der Waals surface area contributed by atoms with Crippen LogP contribution in [0.25, 0.3) is 0 Å². The van der Waals surface area contributed by atoms with Gasteiger partial charge in [0.2, 0.25) is 0 Å². The lowest BCUT2D eigenvalue weighted by molar-refractivity contribution is -0.134. The Labute approximate surface area is 113 Å². The number of ketones is 1. The number of hydrogen-bond donors (Lipinski definition) is 0. The van der Waals surface area contributed by atoms with Crippen LogP contribution in [0.2, 0.25) is 0 Å². The van der Waals surface area contributed by atoms with Gasteiger partial charge in [-0.05, 0) is 58.5 Å². The zero-order valence-corrected chi connectivity index (χ0v) is 13.0. The standard InChI is InChI=1S/C16H31NO/c1-6-13-9-11-14(12-10-13)15(18)16(4,5)17(7-2)8-3/h13-14H,6-12H2,1-5H3. The van der Waals surface area contributed by atoms with Crippen LogP contribution in [0.15, 0.2) is 0 Å². The minimum Gasteiger partial charge on any atom is -0.297 e. The molecule has 1 aliphatic rings. The molecule has 2 nitrogen and oxygen atoms in total. The van der Waals surface area contributed by atoms with Crippen molar-refractivity contribution >= 4 is 5.78 Å². The van der Waals surface area contributed by atoms with E-state index in [1.54, 1.807) is 0 Å². The van der Waals surface area contributed by atoms with E-state index in [0.29, 0.717) is 11.7 Å². The average molecular weight is 253 g/mol. The fourth-order valence-electron chi connectivity index (χ4n) is 3.50. The highest BCUT2D eigenvalue weighted by Gasteiger charge is 2.38. The summed E-state index contributed by atoms with van der Waals surface area (Å²) in [6.45, 7) is 12.7. The molecule has 18 heavy (non-hydrogen) atoms. The summed E-state index contributed by atoms with van der Waals surface area (Å²) in [4.78, 5) is 15.0. The third-order valence-corrected chi connectivity index (χ3v) is 4.95. The molecular formula is C16H31NO. The molecule has 0 N–H and O–H groups in total. The van der Waals surface area contributed by atoms with Gasteiger partial charge in [-0.15, -0.1) is 0 Å². The highest BCUT2D eigenvalue weighted by Crippen LogP contribution is 2.34. The monoisotopic (exact) mass is 253 g/mol. The molecule has 0 aromatic carbocycles. The van der Waals surface area contributed by atoms with Crippen LogP contribution in [0.4, 0.5) is 0 Å². The maximum absolute atomic E-state index is 12.7. The Kier molecular flexibility index (Phi) is 5.84. The van der Waals surface area contributed by atoms with Crippen molar-refractivity contribution in [2.75, 3.05) is 13.1 Å². The Morgan fingerprint density at radius 2 is 1.56 bits per heavy atom. The second-order valence-corrected chi connectivity index (χ2v) is 6.22. The number of nitrogens with zero attached hydrogens (tertiary/aromatic N) is 1. The van der Waals surface area contributed by atoms with Gasteiger partial charge in [0, 0.05) is 5.92 Å². The molecule has 0 aliphatic heterocycles. The number of Topliss-reactive ketones (excluding diaryl/α,β-unsaturated/α-hetero) is 1. The molecule has 1 rings (SSSR count). The largest absolute Gasteiger partial charge is 0.297 e. The zero-order chi connectivity index (χ0) is 13.8. The van der Waals surface area contributed by atoms with Gasteiger partial charge in [0.25, 0.3) is 0 Å². The predicted octanol–water partition coefficient (Wildman–Crippen LogP) is 3.89. The van der Waals surface area contributed by atoms with E-state index in [4.69, 9.17) is 0 Å². The molecule has 0 aromatic rings. The predicted molar refractivity (Wildman–Crippen MR) is 77.7 cm³/mol. The first-order chi connectivity index (χ1) is 8.47. The molecule has 1 fully saturated rings. The van der Waals surface area contributed by atoms with Crippen molar-refractivity contribution in [2.45, 2.75) is 72.3 Å². The molecule has 0 spiro atoms. The molecule has 0 radical (unpaired) electrons. The Hall–Kier alpha value is -0.370. The number of likely N-dealkylation sites (N-methyl/N-ethyl adjacent to an activating group) is 1. The van der Waals surface area contributed by atoms with E-state index in [1.165, 1.54) is 19.3 Å². The summed E-state index contributed by atoms with van der Waals surface area (Å²) in [5, 5.41) is 0. The van der Waals surface area contributed by atoms with Crippen molar-refractivity contribution in [3.05, 3.63) is 0 Å². The van der Waals surface area contributed by atoms with Crippen LogP contribution in [0.3, 0.4) is 0 Å². The second kappa shape index (κ2) is 6.70. The summed E-state index contributed by atoms with van der Waals surface area (Å²) in [5.74, 6) is 1.65. The molecule has 0 atom stereocenters. The van der Waals surface area contributed by atoms with E-state index in [-0.39, 0.29) is 5.54 Å². The fraction of sp³-hybridized carbons (Fsp3) is 0.938. The van der Waals surface area contributed by atoms with E-state index in [2.05, 4.69) is 39.5 Å². The molecule has 1 aliphatic carbocycles. The maximum atomic E-state index is 12.7. The van der Waals surface area contributed by atoms with Gasteiger partial charge in [-0.2, -0.15) is 0 Å². The Morgan fingerprint density at radius 1 is 1.06 bits per heavy atom. The Morgan fingerprint density at radius 3 is 1.94 bits per heavy atom. The van der Waals surface area contributed by atoms with Crippen LogP contribution in [0, 0.1) is 11.8 Å². The normalized spacial score (nSPS) is 25.4. The van der Waals surface area contributed by atoms with Gasteiger partial charge < -0.3 is 0 Å². The molecule has 0 amide bonds. The minimum absolute atomic E-state index is 0.285. The third-order valence-electron chi connectivity index (χ3n) is 4.95. The van der Waals surface area contributed by atoms with Gasteiger partial charge in [-0.1, -0.05) is 27.2 Å². The summed E-state index contributed by atoms with van der Waals surface area (Å²) in [5.41, 5.74) is -0.285. The van der Waals surface area contributed by atoms with E-state index in [1.807, 2.05) is 0 Å². The number of rotatable bonds is 6. The highest BCUT2D eigenvalue weighted by molar-refractivity contribution is 5.89. The summed E-state index contributed by atoms with van der Waals surface area (Å²) >= 11 is 0. The summed E-state index contributed by atoms with van der Waals surface area (Å²) in [7, 11) is 0. The van der Waals surface area contributed by atoms with Gasteiger partial charge in [0.15, 0.2) is 5.78 Å². The highest BCUT2D eigenvalue weighted by atomic mass is 16.1. The van der Waals surface area contributed by atoms with Crippen LogP contribution in [0.5, 0.6) is 0 Å². The zero-order valence-electron chi connectivity index (χ0n) is 13.0. The molecule has 106 valence electrons. The average Bonchev–Trinajstić information content (AvgIpc) is 2.39. The Bertz CT molecular complexity index is 260. The first kappa shape index (κ1) is 15.7. The first-order valence-electron chi connectivity index (χ1n) is 7.76. The van der Waals surface area contributed by atoms with Gasteiger partial charge in [-0.25, -0.2) is 0 Å². The molecule has 0 saturated heterocycles. The topological polar surface area (TPSA) is 20.3 Å². The van der Waals surface area contributed by atoms with Crippen molar-refractivity contribution in [3.8, 4) is 0 Å². The van der Waals surface area contributed by atoms with Crippen molar-refractivity contribution in [1.29, 1.82) is 0 Å². The van der Waals surface area contributed by atoms with E-state index in [0.717, 1.165) is 31.8 Å². The van der Waals surface area contributed by atoms with Crippen LogP contribution in [-0.2, 0) is 4.79 Å². The Balaban J connectivity index is 2.64. The summed E-state index contributed by atoms with van der Waals surface area (Å²) < 4.78 is 0. The molecule has 0 unspecified atom stereocenters.